The van der Waals surface area contributed by atoms with Gasteiger partial charge in [-0.1, -0.05) is 29.0 Å². The largest absolute Gasteiger partial charge is 0.287 e. The zero-order valence-corrected chi connectivity index (χ0v) is 13.0. The predicted octanol–water partition coefficient (Wildman–Crippen LogP) is 3.18. The van der Waals surface area contributed by atoms with Crippen LogP contribution in [0.3, 0.4) is 0 Å². The molecule has 0 unspecified atom stereocenters. The third-order valence-corrected chi connectivity index (χ3v) is 3.52. The van der Waals surface area contributed by atoms with Crippen molar-refractivity contribution in [3.8, 4) is 5.69 Å². The number of nitrogens with zero attached hydrogens (tertiary/aromatic N) is 4. The highest BCUT2D eigenvalue weighted by Crippen LogP contribution is 2.14. The number of hydrogen-bond acceptors (Lipinski definition) is 4. The van der Waals surface area contributed by atoms with Crippen LogP contribution in [0.2, 0.25) is 0 Å². The van der Waals surface area contributed by atoms with Crippen molar-refractivity contribution in [3.05, 3.63) is 77.4 Å². The summed E-state index contributed by atoms with van der Waals surface area (Å²) in [5.74, 6) is -0.176. The summed E-state index contributed by atoms with van der Waals surface area (Å²) < 4.78 is 1.67. The van der Waals surface area contributed by atoms with Crippen LogP contribution in [0.1, 0.15) is 27.3 Å². The first-order valence-electron chi connectivity index (χ1n) is 7.27. The van der Waals surface area contributed by atoms with Crippen molar-refractivity contribution in [2.75, 3.05) is 0 Å². The minimum atomic E-state index is -0.176. The Kier molecular flexibility index (Phi) is 4.10. The maximum Gasteiger partial charge on any atom is 0.208 e. The van der Waals surface area contributed by atoms with Gasteiger partial charge >= 0.3 is 0 Å². The summed E-state index contributed by atoms with van der Waals surface area (Å²) in [6.07, 6.45) is 6.60. The van der Waals surface area contributed by atoms with E-state index in [1.165, 1.54) is 11.6 Å². The molecule has 0 saturated carbocycles. The summed E-state index contributed by atoms with van der Waals surface area (Å²) in [7, 11) is 0. The van der Waals surface area contributed by atoms with Gasteiger partial charge in [-0.25, -0.2) is 4.68 Å². The van der Waals surface area contributed by atoms with Crippen LogP contribution in [-0.4, -0.2) is 25.8 Å². The minimum absolute atomic E-state index is 0.176. The van der Waals surface area contributed by atoms with Gasteiger partial charge in [-0.2, -0.15) is 0 Å². The second-order valence-corrected chi connectivity index (χ2v) is 5.25. The van der Waals surface area contributed by atoms with Crippen LogP contribution in [0.4, 0.5) is 0 Å². The van der Waals surface area contributed by atoms with Crippen LogP contribution < -0.4 is 0 Å². The van der Waals surface area contributed by atoms with E-state index in [1.54, 1.807) is 23.2 Å². The van der Waals surface area contributed by atoms with Gasteiger partial charge in [0.25, 0.3) is 0 Å². The first kappa shape index (κ1) is 14.8. The highest BCUT2D eigenvalue weighted by molar-refractivity contribution is 6.06. The average molecular weight is 304 g/mol. The van der Waals surface area contributed by atoms with Gasteiger partial charge in [0, 0.05) is 12.4 Å². The molecule has 114 valence electrons. The zero-order chi connectivity index (χ0) is 16.2. The van der Waals surface area contributed by atoms with E-state index in [9.17, 15) is 4.79 Å². The number of rotatable bonds is 4. The Hall–Kier alpha value is -3.08. The number of pyridine rings is 1. The fourth-order valence-electron chi connectivity index (χ4n) is 2.21. The van der Waals surface area contributed by atoms with Crippen LogP contribution in [0, 0.1) is 13.8 Å². The van der Waals surface area contributed by atoms with Gasteiger partial charge in [0.15, 0.2) is 5.69 Å². The van der Waals surface area contributed by atoms with Crippen LogP contribution in [-0.2, 0) is 0 Å². The van der Waals surface area contributed by atoms with Crippen LogP contribution in [0.5, 0.6) is 0 Å². The monoisotopic (exact) mass is 304 g/mol. The lowest BCUT2D eigenvalue weighted by molar-refractivity contribution is 0.104. The molecule has 0 radical (unpaired) electrons. The second kappa shape index (κ2) is 6.36. The van der Waals surface area contributed by atoms with Crippen molar-refractivity contribution in [2.45, 2.75) is 13.8 Å². The summed E-state index contributed by atoms with van der Waals surface area (Å²) in [6, 6.07) is 11.6. The predicted molar refractivity (Wildman–Crippen MR) is 88.4 cm³/mol. The third-order valence-electron chi connectivity index (χ3n) is 3.52. The molecular weight excluding hydrogens is 288 g/mol. The average Bonchev–Trinajstić information content (AvgIpc) is 2.96. The van der Waals surface area contributed by atoms with Gasteiger partial charge in [-0.15, -0.1) is 5.10 Å². The summed E-state index contributed by atoms with van der Waals surface area (Å²) in [5, 5.41) is 8.11. The minimum Gasteiger partial charge on any atom is -0.287 e. The molecular formula is C18H16N4O. The highest BCUT2D eigenvalue weighted by Gasteiger charge is 2.15. The van der Waals surface area contributed by atoms with E-state index in [1.807, 2.05) is 50.2 Å². The molecule has 23 heavy (non-hydrogen) atoms. The van der Waals surface area contributed by atoms with Crippen molar-refractivity contribution in [2.24, 2.45) is 0 Å². The number of aromatic nitrogens is 4. The molecule has 0 spiro atoms. The quantitative estimate of drug-likeness (QED) is 0.548. The number of benzene rings is 1. The van der Waals surface area contributed by atoms with Gasteiger partial charge < -0.3 is 0 Å². The van der Waals surface area contributed by atoms with Gasteiger partial charge in [-0.3, -0.25) is 9.78 Å². The highest BCUT2D eigenvalue weighted by atomic mass is 16.1. The van der Waals surface area contributed by atoms with Crippen LogP contribution in [0.25, 0.3) is 11.8 Å². The van der Waals surface area contributed by atoms with E-state index >= 15 is 0 Å². The zero-order valence-electron chi connectivity index (χ0n) is 13.0. The second-order valence-electron chi connectivity index (χ2n) is 5.25. The first-order chi connectivity index (χ1) is 11.1. The van der Waals surface area contributed by atoms with E-state index in [0.717, 1.165) is 16.9 Å². The normalized spacial score (nSPS) is 11.0. The fraction of sp³-hybridized carbons (Fsp3) is 0.111. The maximum absolute atomic E-state index is 12.3. The van der Waals surface area contributed by atoms with Gasteiger partial charge in [0.1, 0.15) is 0 Å². The van der Waals surface area contributed by atoms with Crippen LogP contribution >= 0.6 is 0 Å². The molecule has 0 bridgehead atoms. The Bertz CT molecular complexity index is 848. The standard InChI is InChI=1S/C18H16N4O/c1-13-5-8-16(9-6-13)22-14(2)18(20-21-22)17(23)10-7-15-4-3-11-19-12-15/h3-12H,1-2H3/b10-7+. The molecule has 3 rings (SSSR count). The Morgan fingerprint density at radius 1 is 1.13 bits per heavy atom. The number of aryl methyl sites for hydroxylation is 1. The summed E-state index contributed by atoms with van der Waals surface area (Å²) >= 11 is 0. The van der Waals surface area contributed by atoms with Crippen molar-refractivity contribution in [3.63, 3.8) is 0 Å². The maximum atomic E-state index is 12.3. The molecule has 0 saturated heterocycles. The molecule has 3 aromatic rings. The van der Waals surface area contributed by atoms with E-state index in [4.69, 9.17) is 0 Å². The smallest absolute Gasteiger partial charge is 0.208 e. The molecule has 0 amide bonds. The summed E-state index contributed by atoms with van der Waals surface area (Å²) in [4.78, 5) is 16.3. The van der Waals surface area contributed by atoms with Crippen LogP contribution in [0.15, 0.2) is 54.9 Å². The lowest BCUT2D eigenvalue weighted by Gasteiger charge is -2.03. The molecule has 0 fully saturated rings. The van der Waals surface area contributed by atoms with Crippen molar-refractivity contribution in [1.29, 1.82) is 0 Å². The molecule has 1 aromatic carbocycles. The molecule has 2 aromatic heterocycles. The molecule has 5 heteroatoms. The van der Waals surface area contributed by atoms with Gasteiger partial charge in [-0.05, 0) is 49.8 Å². The number of carbonyl (C=O) groups is 1. The van der Waals surface area contributed by atoms with Crippen molar-refractivity contribution >= 4 is 11.9 Å². The van der Waals surface area contributed by atoms with E-state index in [-0.39, 0.29) is 5.78 Å². The lowest BCUT2D eigenvalue weighted by Crippen LogP contribution is -2.01. The first-order valence-corrected chi connectivity index (χ1v) is 7.27. The molecule has 0 aliphatic carbocycles. The number of carbonyl (C=O) groups excluding carboxylic acids is 1. The SMILES string of the molecule is Cc1ccc(-n2nnc(C(=O)/C=C/c3cccnc3)c2C)cc1. The van der Waals surface area contributed by atoms with Gasteiger partial charge in [0.05, 0.1) is 11.4 Å². The molecule has 2 heterocycles. The van der Waals surface area contributed by atoms with E-state index in [0.29, 0.717) is 5.69 Å². The summed E-state index contributed by atoms with van der Waals surface area (Å²) in [6.45, 7) is 3.86. The third kappa shape index (κ3) is 3.23. The van der Waals surface area contributed by atoms with E-state index in [2.05, 4.69) is 15.3 Å². The molecule has 0 aliphatic rings. The molecule has 0 atom stereocenters. The summed E-state index contributed by atoms with van der Waals surface area (Å²) in [5.41, 5.74) is 3.99. The molecule has 0 aliphatic heterocycles. The fourth-order valence-corrected chi connectivity index (χ4v) is 2.21. The van der Waals surface area contributed by atoms with E-state index < -0.39 is 0 Å². The molecule has 0 N–H and O–H groups in total. The lowest BCUT2D eigenvalue weighted by atomic mass is 10.2. The van der Waals surface area contributed by atoms with Gasteiger partial charge in [0.2, 0.25) is 5.78 Å². The Balaban J connectivity index is 1.85. The Labute approximate surface area is 134 Å². The number of hydrogen-bond donors (Lipinski definition) is 0. The topological polar surface area (TPSA) is 60.7 Å². The Morgan fingerprint density at radius 3 is 2.61 bits per heavy atom. The van der Waals surface area contributed by atoms with Crippen molar-refractivity contribution in [1.82, 2.24) is 20.0 Å². The number of allylic oxidation sites excluding steroid dienone is 1. The van der Waals surface area contributed by atoms with Crippen molar-refractivity contribution < 1.29 is 4.79 Å². The Morgan fingerprint density at radius 2 is 1.91 bits per heavy atom. The molecule has 5 nitrogen and oxygen atoms in total. The number of ketones is 1.